The molecule has 3 aromatic rings. The van der Waals surface area contributed by atoms with Gasteiger partial charge in [-0.15, -0.1) is 0 Å². The lowest BCUT2D eigenvalue weighted by atomic mass is 9.76. The van der Waals surface area contributed by atoms with Crippen LogP contribution < -0.4 is 5.32 Å². The molecule has 2 aromatic heterocycles. The SMILES string of the molecule is Cc1ccc(N[C@@H]2CC3CC[C@@H]2N(C(=O)c2ccc(F)cc2-c2ncccn2)C3)nc1. The van der Waals surface area contributed by atoms with E-state index in [1.165, 1.54) is 12.1 Å². The molecule has 6 nitrogen and oxygen atoms in total. The number of carbonyl (C=O) groups excluding carboxylic acids is 1. The lowest BCUT2D eigenvalue weighted by Crippen LogP contribution is -2.59. The Bertz CT molecular complexity index is 1090. The molecule has 1 unspecified atom stereocenters. The molecule has 4 heterocycles. The Morgan fingerprint density at radius 2 is 1.97 bits per heavy atom. The van der Waals surface area contributed by atoms with Crippen LogP contribution in [0.15, 0.2) is 55.0 Å². The molecule has 2 aliphatic heterocycles. The topological polar surface area (TPSA) is 71.0 Å². The van der Waals surface area contributed by atoms with Crippen LogP contribution in [0, 0.1) is 18.7 Å². The number of aryl methyl sites for hydroxylation is 1. The summed E-state index contributed by atoms with van der Waals surface area (Å²) in [4.78, 5) is 28.5. The minimum atomic E-state index is -0.413. The van der Waals surface area contributed by atoms with Crippen LogP contribution in [-0.2, 0) is 0 Å². The number of hydrogen-bond acceptors (Lipinski definition) is 5. The minimum Gasteiger partial charge on any atom is -0.365 e. The van der Waals surface area contributed by atoms with E-state index < -0.39 is 5.82 Å². The second kappa shape index (κ2) is 8.06. The summed E-state index contributed by atoms with van der Waals surface area (Å²) in [5, 5.41) is 3.54. The van der Waals surface area contributed by atoms with Crippen molar-refractivity contribution in [2.45, 2.75) is 38.3 Å². The van der Waals surface area contributed by atoms with Gasteiger partial charge in [-0.1, -0.05) is 6.07 Å². The molecule has 158 valence electrons. The fourth-order valence-corrected chi connectivity index (χ4v) is 4.81. The van der Waals surface area contributed by atoms with Gasteiger partial charge in [0.25, 0.3) is 5.91 Å². The largest absolute Gasteiger partial charge is 0.365 e. The summed E-state index contributed by atoms with van der Waals surface area (Å²) in [6.45, 7) is 2.73. The van der Waals surface area contributed by atoms with Crippen molar-refractivity contribution < 1.29 is 9.18 Å². The summed E-state index contributed by atoms with van der Waals surface area (Å²) in [7, 11) is 0. The number of halogens is 1. The van der Waals surface area contributed by atoms with Crippen molar-refractivity contribution in [1.82, 2.24) is 19.9 Å². The molecular weight excluding hydrogens is 393 g/mol. The molecule has 31 heavy (non-hydrogen) atoms. The predicted octanol–water partition coefficient (Wildman–Crippen LogP) is 4.09. The molecule has 1 aliphatic carbocycles. The molecule has 7 heteroatoms. The summed E-state index contributed by atoms with van der Waals surface area (Å²) in [5.74, 6) is 1.11. The first kappa shape index (κ1) is 19.6. The van der Waals surface area contributed by atoms with Gasteiger partial charge >= 0.3 is 0 Å². The highest BCUT2D eigenvalue weighted by atomic mass is 19.1. The zero-order valence-electron chi connectivity index (χ0n) is 17.3. The molecule has 6 rings (SSSR count). The van der Waals surface area contributed by atoms with Crippen LogP contribution in [0.1, 0.15) is 35.2 Å². The average molecular weight is 417 g/mol. The summed E-state index contributed by atoms with van der Waals surface area (Å²) >= 11 is 0. The van der Waals surface area contributed by atoms with Gasteiger partial charge < -0.3 is 10.2 Å². The van der Waals surface area contributed by atoms with E-state index in [1.807, 2.05) is 30.2 Å². The summed E-state index contributed by atoms with van der Waals surface area (Å²) in [5.41, 5.74) is 1.98. The van der Waals surface area contributed by atoms with Crippen molar-refractivity contribution in [2.75, 3.05) is 11.9 Å². The maximum atomic E-state index is 14.0. The molecule has 3 atom stereocenters. The molecule has 2 saturated heterocycles. The van der Waals surface area contributed by atoms with Gasteiger partial charge in [-0.2, -0.15) is 0 Å². The number of anilines is 1. The zero-order valence-corrected chi connectivity index (χ0v) is 17.3. The number of pyridine rings is 1. The van der Waals surface area contributed by atoms with Crippen molar-refractivity contribution >= 4 is 11.7 Å². The molecule has 3 fully saturated rings. The van der Waals surface area contributed by atoms with Crippen LogP contribution in [0.3, 0.4) is 0 Å². The van der Waals surface area contributed by atoms with Crippen LogP contribution in [0.25, 0.3) is 11.4 Å². The van der Waals surface area contributed by atoms with Gasteiger partial charge in [-0.05, 0) is 68.0 Å². The lowest BCUT2D eigenvalue weighted by molar-refractivity contribution is 0.0282. The third-order valence-corrected chi connectivity index (χ3v) is 6.30. The van der Waals surface area contributed by atoms with Crippen molar-refractivity contribution in [2.24, 2.45) is 5.92 Å². The Balaban J connectivity index is 1.44. The van der Waals surface area contributed by atoms with E-state index in [2.05, 4.69) is 20.3 Å². The molecule has 1 saturated carbocycles. The average Bonchev–Trinajstić information content (AvgIpc) is 2.81. The lowest BCUT2D eigenvalue weighted by Gasteiger charge is -2.50. The fraction of sp³-hybridized carbons (Fsp3) is 0.333. The second-order valence-electron chi connectivity index (χ2n) is 8.44. The third kappa shape index (κ3) is 3.87. The Morgan fingerprint density at radius 1 is 1.13 bits per heavy atom. The number of benzene rings is 1. The number of aromatic nitrogens is 3. The smallest absolute Gasteiger partial charge is 0.254 e. The summed E-state index contributed by atoms with van der Waals surface area (Å²) in [6, 6.07) is 10.1. The van der Waals surface area contributed by atoms with E-state index in [4.69, 9.17) is 0 Å². The molecule has 0 spiro atoms. The zero-order chi connectivity index (χ0) is 21.4. The van der Waals surface area contributed by atoms with Crippen LogP contribution in [0.4, 0.5) is 10.2 Å². The molecule has 2 bridgehead atoms. The highest BCUT2D eigenvalue weighted by molar-refractivity contribution is 6.00. The molecule has 3 aliphatic rings. The molecule has 1 aromatic carbocycles. The molecular formula is C24H24FN5O. The van der Waals surface area contributed by atoms with Crippen molar-refractivity contribution in [3.05, 3.63) is 71.9 Å². The highest BCUT2D eigenvalue weighted by Gasteiger charge is 2.43. The number of rotatable bonds is 4. The van der Waals surface area contributed by atoms with E-state index in [0.717, 1.165) is 37.2 Å². The van der Waals surface area contributed by atoms with Crippen LogP contribution in [0.2, 0.25) is 0 Å². The first-order chi connectivity index (χ1) is 15.1. The van der Waals surface area contributed by atoms with Crippen molar-refractivity contribution in [1.29, 1.82) is 0 Å². The van der Waals surface area contributed by atoms with Gasteiger partial charge in [0.05, 0.1) is 11.6 Å². The van der Waals surface area contributed by atoms with E-state index in [1.54, 1.807) is 24.5 Å². The van der Waals surface area contributed by atoms with Gasteiger partial charge in [0.1, 0.15) is 11.6 Å². The Labute approximate surface area is 180 Å². The number of nitrogens with zero attached hydrogens (tertiary/aromatic N) is 4. The maximum Gasteiger partial charge on any atom is 0.254 e. The highest BCUT2D eigenvalue weighted by Crippen LogP contribution is 2.38. The number of piperidine rings is 2. The van der Waals surface area contributed by atoms with Crippen molar-refractivity contribution in [3.63, 3.8) is 0 Å². The normalized spacial score (nSPS) is 22.4. The van der Waals surface area contributed by atoms with E-state index >= 15 is 0 Å². The quantitative estimate of drug-likeness (QED) is 0.692. The maximum absolute atomic E-state index is 14.0. The van der Waals surface area contributed by atoms with E-state index in [-0.39, 0.29) is 18.0 Å². The predicted molar refractivity (Wildman–Crippen MR) is 116 cm³/mol. The Morgan fingerprint density at radius 3 is 2.71 bits per heavy atom. The molecule has 1 N–H and O–H groups in total. The standard InChI is InChI=1S/C24H24FN5O/c1-15-3-8-22(28-13-15)29-20-11-16-4-7-21(20)30(14-16)24(31)18-6-5-17(25)12-19(18)23-26-9-2-10-27-23/h2-3,5-6,8-10,12-13,16,20-21H,4,7,11,14H2,1H3,(H,28,29)/t16?,20-,21+/m1/s1. The minimum absolute atomic E-state index is 0.0650. The van der Waals surface area contributed by atoms with Crippen LogP contribution >= 0.6 is 0 Å². The van der Waals surface area contributed by atoms with Gasteiger partial charge in [0.15, 0.2) is 5.82 Å². The van der Waals surface area contributed by atoms with Gasteiger partial charge in [-0.3, -0.25) is 4.79 Å². The number of hydrogen-bond donors (Lipinski definition) is 1. The summed E-state index contributed by atoms with van der Waals surface area (Å²) < 4.78 is 14.0. The first-order valence-corrected chi connectivity index (χ1v) is 10.7. The van der Waals surface area contributed by atoms with Gasteiger partial charge in [-0.25, -0.2) is 19.3 Å². The number of amides is 1. The van der Waals surface area contributed by atoms with Crippen LogP contribution in [0.5, 0.6) is 0 Å². The Kier molecular flexibility index (Phi) is 5.10. The van der Waals surface area contributed by atoms with Gasteiger partial charge in [0.2, 0.25) is 0 Å². The van der Waals surface area contributed by atoms with Crippen molar-refractivity contribution in [3.8, 4) is 11.4 Å². The third-order valence-electron chi connectivity index (χ3n) is 6.30. The first-order valence-electron chi connectivity index (χ1n) is 10.7. The molecule has 0 radical (unpaired) electrons. The number of nitrogens with one attached hydrogen (secondary N) is 1. The molecule has 1 amide bonds. The van der Waals surface area contributed by atoms with E-state index in [0.29, 0.717) is 22.9 Å². The second-order valence-corrected chi connectivity index (χ2v) is 8.44. The fourth-order valence-electron chi connectivity index (χ4n) is 4.81. The number of carbonyl (C=O) groups is 1. The van der Waals surface area contributed by atoms with E-state index in [9.17, 15) is 9.18 Å². The van der Waals surface area contributed by atoms with Crippen LogP contribution in [-0.4, -0.2) is 44.4 Å². The summed E-state index contributed by atoms with van der Waals surface area (Å²) in [6.07, 6.45) is 8.11. The monoisotopic (exact) mass is 417 g/mol. The van der Waals surface area contributed by atoms with Gasteiger partial charge in [0, 0.05) is 36.7 Å². The Hall–Kier alpha value is -3.35. The number of fused-ring (bicyclic) bond motifs is 3.